The average Bonchev–Trinajstić information content (AvgIpc) is 2.76. The first-order valence-electron chi connectivity index (χ1n) is 9.89. The molecule has 0 aliphatic carbocycles. The zero-order valence-corrected chi connectivity index (χ0v) is 17.7. The predicted molar refractivity (Wildman–Crippen MR) is 120 cm³/mol. The van der Waals surface area contributed by atoms with E-state index in [2.05, 4.69) is 20.3 Å². The van der Waals surface area contributed by atoms with E-state index in [0.717, 1.165) is 11.4 Å². The second-order valence-electron chi connectivity index (χ2n) is 7.34. The highest BCUT2D eigenvalue weighted by Crippen LogP contribution is 2.20. The Bertz CT molecular complexity index is 1200. The molecule has 3 aromatic rings. The van der Waals surface area contributed by atoms with E-state index in [4.69, 9.17) is 16.6 Å². The minimum absolute atomic E-state index is 0.0763. The summed E-state index contributed by atoms with van der Waals surface area (Å²) in [5.74, 6) is -2.76. The lowest BCUT2D eigenvalue weighted by Crippen LogP contribution is -2.41. The van der Waals surface area contributed by atoms with E-state index < -0.39 is 23.9 Å². The number of aromatic nitrogens is 3. The number of fused-ring (bicyclic) bond motifs is 1. The molecule has 0 saturated heterocycles. The van der Waals surface area contributed by atoms with Crippen LogP contribution in [0.2, 0.25) is 0 Å². The minimum Gasteiger partial charge on any atom is -0.481 e. The molecule has 0 unspecified atom stereocenters. The van der Waals surface area contributed by atoms with Gasteiger partial charge in [-0.25, -0.2) is 14.8 Å². The van der Waals surface area contributed by atoms with E-state index in [9.17, 15) is 19.5 Å². The van der Waals surface area contributed by atoms with Crippen LogP contribution >= 0.6 is 0 Å². The minimum atomic E-state index is -1.29. The van der Waals surface area contributed by atoms with Gasteiger partial charge in [0.05, 0.1) is 17.8 Å². The first-order chi connectivity index (χ1) is 15.6. The number of nitrogen functional groups attached to an aromatic ring is 2. The van der Waals surface area contributed by atoms with E-state index in [1.165, 1.54) is 0 Å². The summed E-state index contributed by atoms with van der Waals surface area (Å²) < 4.78 is 0. The van der Waals surface area contributed by atoms with E-state index in [1.54, 1.807) is 36.4 Å². The molecule has 1 aromatic carbocycles. The Morgan fingerprint density at radius 2 is 1.73 bits per heavy atom. The molecule has 12 nitrogen and oxygen atoms in total. The summed E-state index contributed by atoms with van der Waals surface area (Å²) in [5, 5.41) is 20.3. The van der Waals surface area contributed by atoms with Crippen molar-refractivity contribution in [2.24, 2.45) is 0 Å². The summed E-state index contributed by atoms with van der Waals surface area (Å²) >= 11 is 0. The third kappa shape index (κ3) is 5.81. The molecule has 0 radical (unpaired) electrons. The highest BCUT2D eigenvalue weighted by molar-refractivity contribution is 5.97. The number of anilines is 3. The lowest BCUT2D eigenvalue weighted by molar-refractivity contribution is -0.140. The van der Waals surface area contributed by atoms with Gasteiger partial charge < -0.3 is 31.9 Å². The molecule has 2 aromatic heterocycles. The summed E-state index contributed by atoms with van der Waals surface area (Å²) in [6.07, 6.45) is -0.576. The van der Waals surface area contributed by atoms with Crippen molar-refractivity contribution in [3.05, 3.63) is 47.7 Å². The fraction of sp³-hybridized carbons (Fsp3) is 0.238. The van der Waals surface area contributed by atoms with Gasteiger partial charge in [0.15, 0.2) is 5.82 Å². The van der Waals surface area contributed by atoms with Crippen LogP contribution in [-0.2, 0) is 16.1 Å². The van der Waals surface area contributed by atoms with Gasteiger partial charge in [0, 0.05) is 24.7 Å². The molecule has 7 N–H and O–H groups in total. The number of amides is 1. The Morgan fingerprint density at radius 1 is 1.03 bits per heavy atom. The normalized spacial score (nSPS) is 11.7. The van der Waals surface area contributed by atoms with Gasteiger partial charge in [-0.3, -0.25) is 9.59 Å². The SMILES string of the molecule is CN(Cc1ccc2nc(N)nc(N)c2n1)c1ccc(C(=O)N[C@@H](CCC(=O)O)C(=O)O)cc1. The van der Waals surface area contributed by atoms with Crippen molar-refractivity contribution in [1.82, 2.24) is 20.3 Å². The third-order valence-corrected chi connectivity index (χ3v) is 4.86. The Morgan fingerprint density at radius 3 is 2.36 bits per heavy atom. The summed E-state index contributed by atoms with van der Waals surface area (Å²) in [6, 6.07) is 8.80. The first-order valence-corrected chi connectivity index (χ1v) is 9.89. The zero-order chi connectivity index (χ0) is 24.1. The smallest absolute Gasteiger partial charge is 0.326 e. The summed E-state index contributed by atoms with van der Waals surface area (Å²) in [5.41, 5.74) is 14.2. The van der Waals surface area contributed by atoms with E-state index in [-0.39, 0.29) is 30.2 Å². The number of carboxylic acids is 2. The standard InChI is InChI=1S/C21H23N7O5/c1-28(10-12-4-7-14-17(24-12)18(22)27-21(23)26-14)13-5-2-11(3-6-13)19(31)25-15(20(32)33)8-9-16(29)30/h2-7,15H,8-10H2,1H3,(H,25,31)(H,29,30)(H,32,33)(H4,22,23,26,27)/t15-/m0/s1. The monoisotopic (exact) mass is 453 g/mol. The van der Waals surface area contributed by atoms with Crippen LogP contribution in [0.15, 0.2) is 36.4 Å². The maximum absolute atomic E-state index is 12.4. The lowest BCUT2D eigenvalue weighted by Gasteiger charge is -2.20. The average molecular weight is 453 g/mol. The predicted octanol–water partition coefficient (Wildman–Crippen LogP) is 0.873. The summed E-state index contributed by atoms with van der Waals surface area (Å²) in [6.45, 7) is 0.432. The number of benzene rings is 1. The summed E-state index contributed by atoms with van der Waals surface area (Å²) in [4.78, 5) is 48.7. The number of carboxylic acid groups (broad SMARTS) is 2. The van der Waals surface area contributed by atoms with Crippen molar-refractivity contribution in [2.75, 3.05) is 23.4 Å². The highest BCUT2D eigenvalue weighted by atomic mass is 16.4. The number of nitrogens with two attached hydrogens (primary N) is 2. The van der Waals surface area contributed by atoms with Crippen molar-refractivity contribution in [1.29, 1.82) is 0 Å². The molecular weight excluding hydrogens is 430 g/mol. The fourth-order valence-corrected chi connectivity index (χ4v) is 3.15. The number of carbonyl (C=O) groups is 3. The molecular formula is C21H23N7O5. The van der Waals surface area contributed by atoms with Gasteiger partial charge in [0.2, 0.25) is 5.95 Å². The Kier molecular flexibility index (Phi) is 6.86. The van der Waals surface area contributed by atoms with Gasteiger partial charge in [-0.15, -0.1) is 0 Å². The van der Waals surface area contributed by atoms with Gasteiger partial charge in [-0.05, 0) is 42.8 Å². The summed E-state index contributed by atoms with van der Waals surface area (Å²) in [7, 11) is 1.84. The van der Waals surface area contributed by atoms with Crippen LogP contribution in [0.25, 0.3) is 11.0 Å². The van der Waals surface area contributed by atoms with E-state index in [1.807, 2.05) is 11.9 Å². The molecule has 33 heavy (non-hydrogen) atoms. The van der Waals surface area contributed by atoms with Gasteiger partial charge in [0.1, 0.15) is 11.6 Å². The van der Waals surface area contributed by atoms with Gasteiger partial charge in [-0.2, -0.15) is 4.98 Å². The molecule has 0 saturated carbocycles. The number of nitrogens with one attached hydrogen (secondary N) is 1. The molecule has 0 fully saturated rings. The Labute approximate surface area is 188 Å². The molecule has 12 heteroatoms. The third-order valence-electron chi connectivity index (χ3n) is 4.86. The van der Waals surface area contributed by atoms with Crippen molar-refractivity contribution in [2.45, 2.75) is 25.4 Å². The van der Waals surface area contributed by atoms with Crippen LogP contribution in [0.5, 0.6) is 0 Å². The van der Waals surface area contributed by atoms with E-state index in [0.29, 0.717) is 17.6 Å². The van der Waals surface area contributed by atoms with E-state index >= 15 is 0 Å². The quantitative estimate of drug-likeness (QED) is 0.308. The number of pyridine rings is 1. The lowest BCUT2D eigenvalue weighted by atomic mass is 10.1. The second kappa shape index (κ2) is 9.77. The molecule has 0 bridgehead atoms. The van der Waals surface area contributed by atoms with Gasteiger partial charge in [0.25, 0.3) is 5.91 Å². The van der Waals surface area contributed by atoms with Crippen LogP contribution in [0.4, 0.5) is 17.5 Å². The number of hydrogen-bond acceptors (Lipinski definition) is 9. The number of carbonyl (C=O) groups excluding carboxylic acids is 1. The molecule has 1 atom stereocenters. The van der Waals surface area contributed by atoms with Crippen LogP contribution in [0, 0.1) is 0 Å². The molecule has 0 spiro atoms. The molecule has 0 aliphatic heterocycles. The van der Waals surface area contributed by atoms with Crippen LogP contribution in [-0.4, -0.2) is 56.1 Å². The number of rotatable bonds is 9. The van der Waals surface area contributed by atoms with Crippen LogP contribution in [0.1, 0.15) is 28.9 Å². The van der Waals surface area contributed by atoms with Crippen molar-refractivity contribution >= 4 is 46.3 Å². The van der Waals surface area contributed by atoms with Crippen molar-refractivity contribution < 1.29 is 24.6 Å². The fourth-order valence-electron chi connectivity index (χ4n) is 3.15. The maximum Gasteiger partial charge on any atom is 0.326 e. The molecule has 1 amide bonds. The van der Waals surface area contributed by atoms with Crippen LogP contribution in [0.3, 0.4) is 0 Å². The first kappa shape index (κ1) is 23.2. The highest BCUT2D eigenvalue weighted by Gasteiger charge is 2.21. The maximum atomic E-state index is 12.4. The molecule has 0 aliphatic rings. The Balaban J connectivity index is 1.67. The number of aliphatic carboxylic acids is 2. The van der Waals surface area contributed by atoms with Crippen LogP contribution < -0.4 is 21.7 Å². The Hall–Kier alpha value is -4.48. The zero-order valence-electron chi connectivity index (χ0n) is 17.7. The van der Waals surface area contributed by atoms with Crippen molar-refractivity contribution in [3.8, 4) is 0 Å². The number of hydrogen-bond donors (Lipinski definition) is 5. The molecule has 3 rings (SSSR count). The second-order valence-corrected chi connectivity index (χ2v) is 7.34. The topological polar surface area (TPSA) is 198 Å². The van der Waals surface area contributed by atoms with Gasteiger partial charge in [-0.1, -0.05) is 0 Å². The van der Waals surface area contributed by atoms with Gasteiger partial charge >= 0.3 is 11.9 Å². The van der Waals surface area contributed by atoms with Crippen molar-refractivity contribution in [3.63, 3.8) is 0 Å². The molecule has 2 heterocycles. The largest absolute Gasteiger partial charge is 0.481 e. The number of nitrogens with zero attached hydrogens (tertiary/aromatic N) is 4. The molecule has 172 valence electrons.